The second kappa shape index (κ2) is 5.58. The van der Waals surface area contributed by atoms with E-state index in [-0.39, 0.29) is 10.8 Å². The van der Waals surface area contributed by atoms with Gasteiger partial charge < -0.3 is 10.1 Å². The van der Waals surface area contributed by atoms with Crippen molar-refractivity contribution in [1.82, 2.24) is 5.32 Å². The van der Waals surface area contributed by atoms with E-state index in [2.05, 4.69) is 5.32 Å². The molecule has 1 atom stereocenters. The summed E-state index contributed by atoms with van der Waals surface area (Å²) in [7, 11) is -3.77. The highest BCUT2D eigenvalue weighted by Crippen LogP contribution is 2.24. The number of thiophene rings is 1. The topological polar surface area (TPSA) is 98.5 Å². The van der Waals surface area contributed by atoms with Crippen LogP contribution in [-0.4, -0.2) is 34.1 Å². The molecule has 0 aromatic carbocycles. The summed E-state index contributed by atoms with van der Waals surface area (Å²) in [5.74, 6) is 0.0672. The molecule has 3 N–H and O–H groups in total. The monoisotopic (exact) mass is 304 g/mol. The van der Waals surface area contributed by atoms with Crippen molar-refractivity contribution in [2.24, 2.45) is 11.1 Å². The standard InChI is InChI=1S/C11H16N2O4S2/c1-7-10(19(12,15)16)4-9(18-7)11(14)13-5-8-2-3-17-6-8/h4,8H,2-3,5-6H2,1H3,(H,13,14)(H2,12,15,16). The van der Waals surface area contributed by atoms with E-state index in [1.807, 2.05) is 0 Å². The molecular weight excluding hydrogens is 288 g/mol. The molecule has 6 nitrogen and oxygen atoms in total. The highest BCUT2D eigenvalue weighted by molar-refractivity contribution is 7.89. The van der Waals surface area contributed by atoms with Crippen LogP contribution in [0.15, 0.2) is 11.0 Å². The molecule has 2 rings (SSSR count). The van der Waals surface area contributed by atoms with E-state index < -0.39 is 10.0 Å². The maximum Gasteiger partial charge on any atom is 0.261 e. The molecule has 0 aliphatic carbocycles. The van der Waals surface area contributed by atoms with E-state index in [4.69, 9.17) is 9.88 Å². The maximum atomic E-state index is 11.9. The summed E-state index contributed by atoms with van der Waals surface area (Å²) in [6, 6.07) is 1.33. The fourth-order valence-corrected chi connectivity index (χ4v) is 3.99. The van der Waals surface area contributed by atoms with E-state index >= 15 is 0 Å². The molecule has 1 fully saturated rings. The predicted octanol–water partition coefficient (Wildman–Crippen LogP) is 0.470. The summed E-state index contributed by atoms with van der Waals surface area (Å²) in [6.45, 7) is 3.56. The zero-order chi connectivity index (χ0) is 14.0. The molecule has 1 aromatic rings. The third-order valence-corrected chi connectivity index (χ3v) is 5.19. The second-order valence-corrected chi connectivity index (χ2v) is 7.30. The Kier molecular flexibility index (Phi) is 4.24. The number of hydrogen-bond donors (Lipinski definition) is 2. The van der Waals surface area contributed by atoms with Gasteiger partial charge in [0.1, 0.15) is 0 Å². The van der Waals surface area contributed by atoms with Crippen molar-refractivity contribution in [3.63, 3.8) is 0 Å². The molecule has 1 saturated heterocycles. The first-order valence-corrected chi connectivity index (χ1v) is 8.23. The predicted molar refractivity (Wildman–Crippen MR) is 71.7 cm³/mol. The molecule has 1 unspecified atom stereocenters. The largest absolute Gasteiger partial charge is 0.381 e. The molecule has 0 bridgehead atoms. The van der Waals surface area contributed by atoms with Gasteiger partial charge in [-0.25, -0.2) is 13.6 Å². The van der Waals surface area contributed by atoms with Gasteiger partial charge in [-0.15, -0.1) is 11.3 Å². The number of ether oxygens (including phenoxy) is 1. The van der Waals surface area contributed by atoms with Crippen LogP contribution >= 0.6 is 11.3 Å². The first-order chi connectivity index (χ1) is 8.88. The Balaban J connectivity index is 2.03. The molecule has 19 heavy (non-hydrogen) atoms. The Bertz CT molecular complexity index is 574. The third-order valence-electron chi connectivity index (χ3n) is 2.98. The van der Waals surface area contributed by atoms with Gasteiger partial charge in [-0.1, -0.05) is 0 Å². The first kappa shape index (κ1) is 14.4. The third kappa shape index (κ3) is 3.53. The van der Waals surface area contributed by atoms with Crippen molar-refractivity contribution in [3.8, 4) is 0 Å². The summed E-state index contributed by atoms with van der Waals surface area (Å²) >= 11 is 1.13. The minimum Gasteiger partial charge on any atom is -0.381 e. The van der Waals surface area contributed by atoms with E-state index in [0.29, 0.717) is 28.8 Å². The van der Waals surface area contributed by atoms with E-state index in [1.165, 1.54) is 6.07 Å². The highest BCUT2D eigenvalue weighted by atomic mass is 32.2. The Hall–Kier alpha value is -0.960. The van der Waals surface area contributed by atoms with Gasteiger partial charge in [0.15, 0.2) is 0 Å². The smallest absolute Gasteiger partial charge is 0.261 e. The van der Waals surface area contributed by atoms with E-state index in [1.54, 1.807) is 6.92 Å². The van der Waals surface area contributed by atoms with Crippen molar-refractivity contribution in [1.29, 1.82) is 0 Å². The van der Waals surface area contributed by atoms with Crippen molar-refractivity contribution >= 4 is 27.3 Å². The summed E-state index contributed by atoms with van der Waals surface area (Å²) < 4.78 is 27.8. The molecule has 1 aromatic heterocycles. The SMILES string of the molecule is Cc1sc(C(=O)NCC2CCOC2)cc1S(N)(=O)=O. The molecule has 0 radical (unpaired) electrons. The fourth-order valence-electron chi connectivity index (χ4n) is 1.93. The minimum atomic E-state index is -3.77. The van der Waals surface area contributed by atoms with Crippen LogP contribution in [0.5, 0.6) is 0 Å². The van der Waals surface area contributed by atoms with Gasteiger partial charge in [0.05, 0.1) is 16.4 Å². The van der Waals surface area contributed by atoms with E-state index in [0.717, 1.165) is 24.4 Å². The molecule has 1 aliphatic rings. The second-order valence-electron chi connectivity index (χ2n) is 4.52. The van der Waals surface area contributed by atoms with Crippen molar-refractivity contribution in [2.45, 2.75) is 18.2 Å². The zero-order valence-corrected chi connectivity index (χ0v) is 12.1. The quantitative estimate of drug-likeness (QED) is 0.844. The Morgan fingerprint density at radius 3 is 2.89 bits per heavy atom. The van der Waals surface area contributed by atoms with Crippen LogP contribution in [0.3, 0.4) is 0 Å². The van der Waals surface area contributed by atoms with Crippen molar-refractivity contribution in [2.75, 3.05) is 19.8 Å². The van der Waals surface area contributed by atoms with E-state index in [9.17, 15) is 13.2 Å². The molecule has 2 heterocycles. The number of rotatable bonds is 4. The Labute approximate surface area is 116 Å². The molecule has 106 valence electrons. The molecule has 0 spiro atoms. The number of sulfonamides is 1. The average molecular weight is 304 g/mol. The lowest BCUT2D eigenvalue weighted by atomic mass is 10.1. The number of aryl methyl sites for hydroxylation is 1. The van der Waals surface area contributed by atoms with Crippen LogP contribution in [0.4, 0.5) is 0 Å². The van der Waals surface area contributed by atoms with Crippen LogP contribution in [0, 0.1) is 12.8 Å². The summed E-state index contributed by atoms with van der Waals surface area (Å²) in [5, 5.41) is 7.86. The lowest BCUT2D eigenvalue weighted by Gasteiger charge is -2.08. The van der Waals surface area contributed by atoms with Gasteiger partial charge >= 0.3 is 0 Å². The summed E-state index contributed by atoms with van der Waals surface area (Å²) in [5.41, 5.74) is 0. The van der Waals surface area contributed by atoms with Gasteiger partial charge in [-0.2, -0.15) is 0 Å². The number of carbonyl (C=O) groups excluding carboxylic acids is 1. The fraction of sp³-hybridized carbons (Fsp3) is 0.545. The molecule has 8 heteroatoms. The molecule has 1 amide bonds. The lowest BCUT2D eigenvalue weighted by molar-refractivity contribution is 0.0949. The van der Waals surface area contributed by atoms with Crippen molar-refractivity contribution in [3.05, 3.63) is 15.8 Å². The number of nitrogens with one attached hydrogen (secondary N) is 1. The van der Waals surface area contributed by atoms with Crippen LogP contribution in [-0.2, 0) is 14.8 Å². The number of carbonyl (C=O) groups is 1. The van der Waals surface area contributed by atoms with Crippen LogP contribution in [0.25, 0.3) is 0 Å². The normalized spacial score (nSPS) is 19.6. The van der Waals surface area contributed by atoms with Gasteiger partial charge in [-0.3, -0.25) is 4.79 Å². The minimum absolute atomic E-state index is 0.0202. The van der Waals surface area contributed by atoms with Gasteiger partial charge in [0, 0.05) is 23.9 Å². The number of nitrogens with two attached hydrogens (primary N) is 1. The van der Waals surface area contributed by atoms with Gasteiger partial charge in [0.2, 0.25) is 10.0 Å². The average Bonchev–Trinajstić information content (AvgIpc) is 2.93. The van der Waals surface area contributed by atoms with Crippen LogP contribution in [0.2, 0.25) is 0 Å². The van der Waals surface area contributed by atoms with Gasteiger partial charge in [0.25, 0.3) is 5.91 Å². The zero-order valence-electron chi connectivity index (χ0n) is 10.5. The Morgan fingerprint density at radius 1 is 1.63 bits per heavy atom. The number of primary sulfonamides is 1. The van der Waals surface area contributed by atoms with Gasteiger partial charge in [-0.05, 0) is 19.4 Å². The number of amides is 1. The maximum absolute atomic E-state index is 11.9. The summed E-state index contributed by atoms with van der Waals surface area (Å²) in [4.78, 5) is 12.8. The molecular formula is C11H16N2O4S2. The lowest BCUT2D eigenvalue weighted by Crippen LogP contribution is -2.28. The molecule has 1 aliphatic heterocycles. The highest BCUT2D eigenvalue weighted by Gasteiger charge is 2.21. The Morgan fingerprint density at radius 2 is 2.37 bits per heavy atom. The van der Waals surface area contributed by atoms with Crippen LogP contribution in [0.1, 0.15) is 21.0 Å². The first-order valence-electron chi connectivity index (χ1n) is 5.87. The van der Waals surface area contributed by atoms with Crippen molar-refractivity contribution < 1.29 is 17.9 Å². The number of hydrogen-bond acceptors (Lipinski definition) is 5. The van der Waals surface area contributed by atoms with Crippen LogP contribution < -0.4 is 10.5 Å². The molecule has 0 saturated carbocycles. The summed E-state index contributed by atoms with van der Waals surface area (Å²) in [6.07, 6.45) is 0.937.